The molecule has 9 nitrogen and oxygen atoms in total. The number of piperazine rings is 1. The number of nitrogens with one attached hydrogen (secondary N) is 1. The average Bonchev–Trinajstić information content (AvgIpc) is 2.78. The Balaban J connectivity index is 1.62. The fourth-order valence-electron chi connectivity index (χ4n) is 3.03. The molecule has 1 aliphatic heterocycles. The minimum absolute atomic E-state index is 0.0809. The second-order valence-corrected chi connectivity index (χ2v) is 8.68. The molecule has 1 heterocycles. The molecule has 0 spiro atoms. The Labute approximate surface area is 179 Å². The number of hydrogen-bond acceptors (Lipinski definition) is 6. The van der Waals surface area contributed by atoms with E-state index in [1.165, 1.54) is 34.8 Å². The molecule has 3 rings (SSSR count). The van der Waals surface area contributed by atoms with Crippen LogP contribution in [0.1, 0.15) is 10.4 Å². The van der Waals surface area contributed by atoms with Crippen molar-refractivity contribution in [3.05, 3.63) is 71.9 Å². The van der Waals surface area contributed by atoms with Crippen molar-refractivity contribution in [1.82, 2.24) is 9.21 Å². The third kappa shape index (κ3) is 5.28. The predicted molar refractivity (Wildman–Crippen MR) is 113 cm³/mol. The first kappa shape index (κ1) is 22.0. The van der Waals surface area contributed by atoms with E-state index < -0.39 is 21.9 Å². The van der Waals surface area contributed by atoms with Gasteiger partial charge in [0.25, 0.3) is 5.91 Å². The van der Waals surface area contributed by atoms with Crippen LogP contribution in [0, 0.1) is 11.3 Å². The highest BCUT2D eigenvalue weighted by Gasteiger charge is 2.28. The Morgan fingerprint density at radius 3 is 2.16 bits per heavy atom. The molecule has 2 aromatic rings. The average molecular weight is 440 g/mol. The van der Waals surface area contributed by atoms with Gasteiger partial charge in [-0.25, -0.2) is 13.2 Å². The van der Waals surface area contributed by atoms with E-state index in [1.807, 2.05) is 6.07 Å². The van der Waals surface area contributed by atoms with Gasteiger partial charge in [-0.1, -0.05) is 18.2 Å². The summed E-state index contributed by atoms with van der Waals surface area (Å²) in [6.07, 6.45) is 1.41. The molecule has 10 heteroatoms. The lowest BCUT2D eigenvalue weighted by molar-refractivity contribution is -0.112. The van der Waals surface area contributed by atoms with Gasteiger partial charge in [0.15, 0.2) is 0 Å². The van der Waals surface area contributed by atoms with E-state index in [4.69, 9.17) is 5.11 Å². The van der Waals surface area contributed by atoms with Crippen LogP contribution in [0.15, 0.2) is 71.3 Å². The molecule has 0 unspecified atom stereocenters. The minimum atomic E-state index is -3.59. The number of nitrogens with zero attached hydrogens (tertiary/aromatic N) is 3. The number of carbonyl (C=O) groups excluding carboxylic acids is 1. The molecular weight excluding hydrogens is 420 g/mol. The molecule has 0 aromatic heterocycles. The van der Waals surface area contributed by atoms with Gasteiger partial charge in [0.05, 0.1) is 10.5 Å². The second kappa shape index (κ2) is 9.42. The monoisotopic (exact) mass is 440 g/mol. The summed E-state index contributed by atoms with van der Waals surface area (Å²) in [5, 5.41) is 20.8. The van der Waals surface area contributed by atoms with Gasteiger partial charge in [-0.05, 0) is 36.4 Å². The molecule has 0 atom stereocenters. The molecule has 1 fully saturated rings. The van der Waals surface area contributed by atoms with E-state index in [9.17, 15) is 23.3 Å². The number of rotatable bonds is 6. The van der Waals surface area contributed by atoms with Gasteiger partial charge in [-0.3, -0.25) is 4.79 Å². The Kier molecular flexibility index (Phi) is 6.69. The molecule has 1 aliphatic rings. The van der Waals surface area contributed by atoms with E-state index >= 15 is 0 Å². The van der Waals surface area contributed by atoms with E-state index in [-0.39, 0.29) is 29.1 Å². The van der Waals surface area contributed by atoms with Crippen molar-refractivity contribution < 1.29 is 23.1 Å². The Morgan fingerprint density at radius 2 is 1.61 bits per heavy atom. The predicted octanol–water partition coefficient (Wildman–Crippen LogP) is 1.74. The number of carbonyl (C=O) groups is 2. The van der Waals surface area contributed by atoms with E-state index in [0.29, 0.717) is 18.8 Å². The Hall–Kier alpha value is -3.68. The highest BCUT2D eigenvalue weighted by Crippen LogP contribution is 2.18. The minimum Gasteiger partial charge on any atom is -0.478 e. The van der Waals surface area contributed by atoms with Crippen LogP contribution < -0.4 is 5.32 Å². The quantitative estimate of drug-likeness (QED) is 0.517. The molecular formula is C21H20N4O5S. The van der Waals surface area contributed by atoms with Crippen molar-refractivity contribution >= 4 is 27.6 Å². The van der Waals surface area contributed by atoms with Crippen LogP contribution in [0.5, 0.6) is 0 Å². The maximum Gasteiger partial charge on any atom is 0.335 e. The fraction of sp³-hybridized carbons (Fsp3) is 0.190. The normalized spacial score (nSPS) is 15.2. The first-order chi connectivity index (χ1) is 14.8. The van der Waals surface area contributed by atoms with E-state index in [1.54, 1.807) is 35.2 Å². The van der Waals surface area contributed by atoms with Crippen molar-refractivity contribution in [3.63, 3.8) is 0 Å². The molecule has 31 heavy (non-hydrogen) atoms. The van der Waals surface area contributed by atoms with Gasteiger partial charge in [-0.2, -0.15) is 9.57 Å². The van der Waals surface area contributed by atoms with Gasteiger partial charge in [0.1, 0.15) is 11.6 Å². The van der Waals surface area contributed by atoms with Crippen LogP contribution in [-0.2, 0) is 14.8 Å². The zero-order chi connectivity index (χ0) is 22.4. The first-order valence-electron chi connectivity index (χ1n) is 9.37. The van der Waals surface area contributed by atoms with Crippen LogP contribution >= 0.6 is 0 Å². The van der Waals surface area contributed by atoms with Crippen molar-refractivity contribution in [2.45, 2.75) is 4.90 Å². The zero-order valence-corrected chi connectivity index (χ0v) is 17.2. The summed E-state index contributed by atoms with van der Waals surface area (Å²) in [5.41, 5.74) is 0.300. The third-order valence-corrected chi connectivity index (χ3v) is 6.63. The lowest BCUT2D eigenvalue weighted by Gasteiger charge is -2.33. The standard InChI is InChI=1S/C21H20N4O5S/c22-14-17(20(26)23-18-8-6-16(7-9-18)21(27)28)15-24-10-12-25(13-11-24)31(29,30)19-4-2-1-3-5-19/h1-9,15H,10-13H2,(H,23,26)(H,27,28)/b17-15-. The van der Waals surface area contributed by atoms with E-state index in [0.717, 1.165) is 0 Å². The maximum atomic E-state index is 12.7. The molecule has 1 amide bonds. The Bertz CT molecular complexity index is 1130. The highest BCUT2D eigenvalue weighted by molar-refractivity contribution is 7.89. The van der Waals surface area contributed by atoms with Crippen molar-refractivity contribution in [2.75, 3.05) is 31.5 Å². The molecule has 0 radical (unpaired) electrons. The number of aromatic carboxylic acids is 1. The largest absolute Gasteiger partial charge is 0.478 e. The highest BCUT2D eigenvalue weighted by atomic mass is 32.2. The van der Waals surface area contributed by atoms with Gasteiger partial charge in [0, 0.05) is 38.1 Å². The zero-order valence-electron chi connectivity index (χ0n) is 16.4. The summed E-state index contributed by atoms with van der Waals surface area (Å²) in [4.78, 5) is 25.2. The first-order valence-corrected chi connectivity index (χ1v) is 10.8. The summed E-state index contributed by atoms with van der Waals surface area (Å²) in [7, 11) is -3.59. The molecule has 2 N–H and O–H groups in total. The number of nitriles is 1. The van der Waals surface area contributed by atoms with Crippen molar-refractivity contribution in [1.29, 1.82) is 5.26 Å². The van der Waals surface area contributed by atoms with E-state index in [2.05, 4.69) is 5.32 Å². The summed E-state index contributed by atoms with van der Waals surface area (Å²) < 4.78 is 26.8. The third-order valence-electron chi connectivity index (χ3n) is 4.72. The van der Waals surface area contributed by atoms with Crippen LogP contribution in [0.2, 0.25) is 0 Å². The van der Waals surface area contributed by atoms with Crippen LogP contribution in [0.3, 0.4) is 0 Å². The summed E-state index contributed by atoms with van der Waals surface area (Å²) in [6.45, 7) is 1.12. The van der Waals surface area contributed by atoms with Crippen LogP contribution in [0.25, 0.3) is 0 Å². The van der Waals surface area contributed by atoms with Gasteiger partial charge >= 0.3 is 5.97 Å². The maximum absolute atomic E-state index is 12.7. The molecule has 0 aliphatic carbocycles. The SMILES string of the molecule is N#C/C(=C/N1CCN(S(=O)(=O)c2ccccc2)CC1)C(=O)Nc1ccc(C(=O)O)cc1. The van der Waals surface area contributed by atoms with Crippen molar-refractivity contribution in [2.24, 2.45) is 0 Å². The van der Waals surface area contributed by atoms with Crippen LogP contribution in [-0.4, -0.2) is 60.8 Å². The molecule has 2 aromatic carbocycles. The topological polar surface area (TPSA) is 131 Å². The van der Waals surface area contributed by atoms with Crippen molar-refractivity contribution in [3.8, 4) is 6.07 Å². The number of benzene rings is 2. The second-order valence-electron chi connectivity index (χ2n) is 6.74. The number of sulfonamides is 1. The molecule has 160 valence electrons. The number of hydrogen-bond donors (Lipinski definition) is 2. The molecule has 1 saturated heterocycles. The summed E-state index contributed by atoms with van der Waals surface area (Å²) in [5.74, 6) is -1.71. The Morgan fingerprint density at radius 1 is 1.00 bits per heavy atom. The molecule has 0 bridgehead atoms. The van der Waals surface area contributed by atoms with Gasteiger partial charge < -0.3 is 15.3 Å². The van der Waals surface area contributed by atoms with Crippen LogP contribution in [0.4, 0.5) is 5.69 Å². The lowest BCUT2D eigenvalue weighted by atomic mass is 10.2. The number of carboxylic acid groups (broad SMARTS) is 1. The fourth-order valence-corrected chi connectivity index (χ4v) is 4.47. The van der Waals surface area contributed by atoms with Gasteiger partial charge in [0.2, 0.25) is 10.0 Å². The molecule has 0 saturated carbocycles. The number of anilines is 1. The van der Waals surface area contributed by atoms with Gasteiger partial charge in [-0.15, -0.1) is 0 Å². The number of carboxylic acids is 1. The smallest absolute Gasteiger partial charge is 0.335 e. The lowest BCUT2D eigenvalue weighted by Crippen LogP contribution is -2.46. The summed E-state index contributed by atoms with van der Waals surface area (Å²) in [6, 6.07) is 15.6. The summed E-state index contributed by atoms with van der Waals surface area (Å²) >= 11 is 0. The number of amides is 1.